The Kier molecular flexibility index (Phi) is 1.24. The predicted molar refractivity (Wildman–Crippen MR) is 31.2 cm³/mol. The van der Waals surface area contributed by atoms with Crippen molar-refractivity contribution in [2.45, 2.75) is 6.42 Å². The van der Waals surface area contributed by atoms with Crippen LogP contribution in [0.4, 0.5) is 0 Å². The van der Waals surface area contributed by atoms with Crippen molar-refractivity contribution in [1.29, 1.82) is 0 Å². The molecule has 0 bridgehead atoms. The molecular weight excluding hydrogens is 110 g/mol. The fourth-order valence-electron chi connectivity index (χ4n) is 0.640. The Morgan fingerprint density at radius 1 is 1.86 bits per heavy atom. The lowest BCUT2D eigenvalue weighted by molar-refractivity contribution is 0.484. The molecule has 0 saturated heterocycles. The largest absolute Gasteiger partial charge is 0.365 e. The van der Waals surface area contributed by atoms with Crippen LogP contribution in [0.3, 0.4) is 0 Å². The minimum absolute atomic E-state index is 0.889. The van der Waals surface area contributed by atoms with E-state index in [1.165, 1.54) is 0 Å². The third-order valence-corrected chi connectivity index (χ3v) is 1.58. The summed E-state index contributed by atoms with van der Waals surface area (Å²) in [6.45, 7) is 1.08. The molecule has 0 aromatic rings. The van der Waals surface area contributed by atoms with Gasteiger partial charge in [0, 0.05) is 13.6 Å². The second-order valence-electron chi connectivity index (χ2n) is 1.74. The van der Waals surface area contributed by atoms with Crippen molar-refractivity contribution < 1.29 is 0 Å². The number of hydrogen-bond donors (Lipinski definition) is 0. The van der Waals surface area contributed by atoms with E-state index >= 15 is 0 Å². The van der Waals surface area contributed by atoms with Crippen LogP contribution >= 0.6 is 11.6 Å². The number of nitrogens with zero attached hydrogens (tertiary/aromatic N) is 1. The van der Waals surface area contributed by atoms with Gasteiger partial charge in [0.05, 0.1) is 0 Å². The molecule has 0 spiro atoms. The molecule has 1 rings (SSSR count). The first kappa shape index (κ1) is 4.98. The maximum absolute atomic E-state index is 5.65. The first-order chi connectivity index (χ1) is 3.30. The highest BCUT2D eigenvalue weighted by Crippen LogP contribution is 2.14. The standard InChI is InChI=1S/C5H8ClN/c1-7-4-2-3-5(7)6/h3H,2,4H2,1H3. The number of rotatable bonds is 0. The number of hydrogen-bond acceptors (Lipinski definition) is 1. The van der Waals surface area contributed by atoms with Crippen molar-refractivity contribution >= 4 is 11.6 Å². The molecule has 2 heteroatoms. The molecule has 1 aliphatic heterocycles. The van der Waals surface area contributed by atoms with Crippen molar-refractivity contribution in [3.63, 3.8) is 0 Å². The smallest absolute Gasteiger partial charge is 0.100 e. The Bertz CT molecular complexity index is 98.3. The minimum atomic E-state index is 0.889. The lowest BCUT2D eigenvalue weighted by atomic mass is 10.5. The molecule has 0 aliphatic carbocycles. The van der Waals surface area contributed by atoms with Gasteiger partial charge in [0.15, 0.2) is 0 Å². The summed E-state index contributed by atoms with van der Waals surface area (Å²) in [6, 6.07) is 0. The first-order valence-corrected chi connectivity index (χ1v) is 2.75. The summed E-state index contributed by atoms with van der Waals surface area (Å²) in [6.07, 6.45) is 3.14. The molecule has 0 saturated carbocycles. The average Bonchev–Trinajstić information content (AvgIpc) is 1.91. The predicted octanol–water partition coefficient (Wildman–Crippen LogP) is 1.40. The van der Waals surface area contributed by atoms with Gasteiger partial charge in [-0.25, -0.2) is 0 Å². The highest BCUT2D eigenvalue weighted by molar-refractivity contribution is 6.29. The Balaban J connectivity index is 2.54. The van der Waals surface area contributed by atoms with Crippen LogP contribution in [-0.4, -0.2) is 18.5 Å². The maximum atomic E-state index is 5.65. The van der Waals surface area contributed by atoms with E-state index in [0.717, 1.165) is 18.1 Å². The van der Waals surface area contributed by atoms with E-state index in [0.29, 0.717) is 0 Å². The van der Waals surface area contributed by atoms with Gasteiger partial charge in [-0.2, -0.15) is 0 Å². The van der Waals surface area contributed by atoms with Gasteiger partial charge in [0.1, 0.15) is 5.16 Å². The quantitative estimate of drug-likeness (QED) is 0.434. The van der Waals surface area contributed by atoms with Gasteiger partial charge in [-0.1, -0.05) is 11.6 Å². The summed E-state index contributed by atoms with van der Waals surface area (Å²) in [5.74, 6) is 0. The molecule has 1 aliphatic rings. The molecule has 0 aromatic carbocycles. The third-order valence-electron chi connectivity index (χ3n) is 1.14. The van der Waals surface area contributed by atoms with Gasteiger partial charge in [0.2, 0.25) is 0 Å². The van der Waals surface area contributed by atoms with E-state index in [9.17, 15) is 0 Å². The van der Waals surface area contributed by atoms with Gasteiger partial charge in [-0.05, 0) is 12.5 Å². The monoisotopic (exact) mass is 117 g/mol. The van der Waals surface area contributed by atoms with Crippen molar-refractivity contribution in [2.24, 2.45) is 0 Å². The molecule has 0 fully saturated rings. The van der Waals surface area contributed by atoms with Crippen LogP contribution in [0.5, 0.6) is 0 Å². The lowest BCUT2D eigenvalue weighted by Crippen LogP contribution is -2.08. The van der Waals surface area contributed by atoms with Gasteiger partial charge < -0.3 is 4.90 Å². The molecular formula is C5H8ClN. The Hall–Kier alpha value is -0.170. The molecule has 0 aromatic heterocycles. The molecule has 7 heavy (non-hydrogen) atoms. The summed E-state index contributed by atoms with van der Waals surface area (Å²) in [4.78, 5) is 2.03. The second-order valence-corrected chi connectivity index (χ2v) is 2.12. The summed E-state index contributed by atoms with van der Waals surface area (Å²) < 4.78 is 0. The highest BCUT2D eigenvalue weighted by atomic mass is 35.5. The molecule has 40 valence electrons. The summed E-state index contributed by atoms with van der Waals surface area (Å²) in [7, 11) is 1.99. The van der Waals surface area contributed by atoms with Gasteiger partial charge >= 0.3 is 0 Å². The van der Waals surface area contributed by atoms with Crippen molar-refractivity contribution in [3.8, 4) is 0 Å². The van der Waals surface area contributed by atoms with Crippen LogP contribution in [0.25, 0.3) is 0 Å². The third kappa shape index (κ3) is 0.885. The Morgan fingerprint density at radius 2 is 2.57 bits per heavy atom. The van der Waals surface area contributed by atoms with E-state index in [4.69, 9.17) is 11.6 Å². The molecule has 0 N–H and O–H groups in total. The van der Waals surface area contributed by atoms with Crippen molar-refractivity contribution in [1.82, 2.24) is 4.90 Å². The fraction of sp³-hybridized carbons (Fsp3) is 0.600. The van der Waals surface area contributed by atoms with Crippen LogP contribution in [0, 0.1) is 0 Å². The zero-order valence-electron chi connectivity index (χ0n) is 4.32. The molecule has 0 amide bonds. The fourth-order valence-corrected chi connectivity index (χ4v) is 0.834. The van der Waals surface area contributed by atoms with E-state index in [2.05, 4.69) is 0 Å². The average molecular weight is 118 g/mol. The lowest BCUT2D eigenvalue weighted by Gasteiger charge is -2.07. The summed E-state index contributed by atoms with van der Waals surface area (Å²) >= 11 is 5.65. The van der Waals surface area contributed by atoms with Crippen molar-refractivity contribution in [2.75, 3.05) is 13.6 Å². The zero-order valence-corrected chi connectivity index (χ0v) is 5.07. The van der Waals surface area contributed by atoms with E-state index in [1.807, 2.05) is 18.0 Å². The molecule has 0 atom stereocenters. The van der Waals surface area contributed by atoms with Crippen LogP contribution < -0.4 is 0 Å². The Labute approximate surface area is 48.6 Å². The molecule has 0 unspecified atom stereocenters. The van der Waals surface area contributed by atoms with E-state index in [1.54, 1.807) is 0 Å². The zero-order chi connectivity index (χ0) is 5.28. The second kappa shape index (κ2) is 1.74. The summed E-state index contributed by atoms with van der Waals surface area (Å²) in [5.41, 5.74) is 0. The normalized spacial score (nSPS) is 20.3. The topological polar surface area (TPSA) is 3.24 Å². The maximum Gasteiger partial charge on any atom is 0.100 e. The Morgan fingerprint density at radius 3 is 2.71 bits per heavy atom. The van der Waals surface area contributed by atoms with Crippen LogP contribution in [-0.2, 0) is 0 Å². The van der Waals surface area contributed by atoms with Gasteiger partial charge in [-0.3, -0.25) is 0 Å². The number of halogens is 1. The van der Waals surface area contributed by atoms with E-state index < -0.39 is 0 Å². The van der Waals surface area contributed by atoms with Crippen LogP contribution in [0.1, 0.15) is 6.42 Å². The first-order valence-electron chi connectivity index (χ1n) is 2.37. The summed E-state index contributed by atoms with van der Waals surface area (Å²) in [5, 5.41) is 0.889. The molecule has 0 radical (unpaired) electrons. The van der Waals surface area contributed by atoms with Crippen LogP contribution in [0.15, 0.2) is 11.2 Å². The van der Waals surface area contributed by atoms with Gasteiger partial charge in [-0.15, -0.1) is 0 Å². The SMILES string of the molecule is CN1CCC=C1Cl. The molecule has 1 nitrogen and oxygen atoms in total. The van der Waals surface area contributed by atoms with Crippen LogP contribution in [0.2, 0.25) is 0 Å². The molecule has 1 heterocycles. The highest BCUT2D eigenvalue weighted by Gasteiger charge is 2.04. The van der Waals surface area contributed by atoms with E-state index in [-0.39, 0.29) is 0 Å². The minimum Gasteiger partial charge on any atom is -0.365 e. The van der Waals surface area contributed by atoms with Gasteiger partial charge in [0.25, 0.3) is 0 Å². The van der Waals surface area contributed by atoms with Crippen molar-refractivity contribution in [3.05, 3.63) is 11.2 Å².